The number of hydrazine groups is 1. The molecular weight excluding hydrogens is 449 g/mol. The summed E-state index contributed by atoms with van der Waals surface area (Å²) in [6, 6.07) is 7.63. The molecule has 32 heavy (non-hydrogen) atoms. The highest BCUT2D eigenvalue weighted by molar-refractivity contribution is 6.31. The second-order valence-corrected chi connectivity index (χ2v) is 7.71. The summed E-state index contributed by atoms with van der Waals surface area (Å²) < 4.78 is 31.7. The van der Waals surface area contributed by atoms with Gasteiger partial charge in [0, 0.05) is 42.1 Å². The van der Waals surface area contributed by atoms with Crippen molar-refractivity contribution in [1.29, 1.82) is 0 Å². The van der Waals surface area contributed by atoms with Crippen LogP contribution in [0.1, 0.15) is 24.0 Å². The number of benzene rings is 1. The van der Waals surface area contributed by atoms with Crippen LogP contribution in [0.15, 0.2) is 36.7 Å². The number of amides is 1. The number of aryl methyl sites for hydroxylation is 2. The molecule has 3 rings (SSSR count). The molecule has 0 saturated carbocycles. The number of alkyl halides is 3. The molecule has 174 valence electrons. The lowest BCUT2D eigenvalue weighted by molar-refractivity contribution is -0.192. The molecule has 1 fully saturated rings. The van der Waals surface area contributed by atoms with Crippen LogP contribution in [0.3, 0.4) is 0 Å². The first-order chi connectivity index (χ1) is 15.0. The van der Waals surface area contributed by atoms with Gasteiger partial charge in [-0.05, 0) is 62.1 Å². The third-order valence-corrected chi connectivity index (χ3v) is 5.35. The Balaban J connectivity index is 0.000000451. The quantitative estimate of drug-likeness (QED) is 0.573. The van der Waals surface area contributed by atoms with E-state index in [-0.39, 0.29) is 11.8 Å². The Morgan fingerprint density at radius 1 is 1.16 bits per heavy atom. The van der Waals surface area contributed by atoms with E-state index in [1.54, 1.807) is 0 Å². The van der Waals surface area contributed by atoms with Gasteiger partial charge in [0.1, 0.15) is 0 Å². The van der Waals surface area contributed by atoms with Crippen molar-refractivity contribution in [3.63, 3.8) is 0 Å². The Hall–Kier alpha value is -3.01. The van der Waals surface area contributed by atoms with Crippen LogP contribution in [-0.2, 0) is 9.59 Å². The van der Waals surface area contributed by atoms with E-state index >= 15 is 0 Å². The predicted molar refractivity (Wildman–Crippen MR) is 116 cm³/mol. The number of carbonyl (C=O) groups is 2. The fourth-order valence-corrected chi connectivity index (χ4v) is 3.28. The molecule has 0 unspecified atom stereocenters. The molecule has 1 amide bonds. The van der Waals surface area contributed by atoms with Gasteiger partial charge < -0.3 is 10.0 Å². The monoisotopic (exact) mass is 472 g/mol. The summed E-state index contributed by atoms with van der Waals surface area (Å²) in [6.45, 7) is 5.76. The van der Waals surface area contributed by atoms with E-state index in [1.807, 2.05) is 43.6 Å². The van der Waals surface area contributed by atoms with Gasteiger partial charge in [0.2, 0.25) is 5.91 Å². The summed E-state index contributed by atoms with van der Waals surface area (Å²) in [5, 5.41) is 7.84. The van der Waals surface area contributed by atoms with E-state index < -0.39 is 12.1 Å². The summed E-state index contributed by atoms with van der Waals surface area (Å²) in [5.74, 6) is -2.69. The van der Waals surface area contributed by atoms with Crippen LogP contribution in [0.5, 0.6) is 0 Å². The lowest BCUT2D eigenvalue weighted by Gasteiger charge is -2.33. The fraction of sp³-hybridized carbons (Fsp3) is 0.381. The maximum absolute atomic E-state index is 12.4. The van der Waals surface area contributed by atoms with Gasteiger partial charge >= 0.3 is 12.1 Å². The first-order valence-corrected chi connectivity index (χ1v) is 10.1. The van der Waals surface area contributed by atoms with Crippen molar-refractivity contribution >= 4 is 34.9 Å². The molecule has 11 heteroatoms. The van der Waals surface area contributed by atoms with Crippen LogP contribution in [0.25, 0.3) is 0 Å². The van der Waals surface area contributed by atoms with Crippen molar-refractivity contribution in [3.8, 4) is 0 Å². The van der Waals surface area contributed by atoms with Gasteiger partial charge in [-0.15, -0.1) is 0 Å². The number of aromatic nitrogens is 1. The third kappa shape index (κ3) is 7.30. The minimum Gasteiger partial charge on any atom is -0.475 e. The summed E-state index contributed by atoms with van der Waals surface area (Å²) in [4.78, 5) is 27.8. The number of halogens is 4. The van der Waals surface area contributed by atoms with Crippen LogP contribution in [0.4, 0.5) is 24.5 Å². The molecule has 3 N–H and O–H groups in total. The molecule has 1 aromatic heterocycles. The Morgan fingerprint density at radius 3 is 2.31 bits per heavy atom. The summed E-state index contributed by atoms with van der Waals surface area (Å²) in [6.07, 6.45) is 0.301. The minimum absolute atomic E-state index is 0.0271. The molecule has 1 aliphatic heterocycles. The van der Waals surface area contributed by atoms with Crippen LogP contribution < -0.4 is 15.8 Å². The number of piperidine rings is 1. The van der Waals surface area contributed by atoms with E-state index in [0.29, 0.717) is 0 Å². The number of rotatable bonds is 4. The summed E-state index contributed by atoms with van der Waals surface area (Å²) in [7, 11) is 0. The van der Waals surface area contributed by atoms with Crippen LogP contribution in [-0.4, -0.2) is 41.2 Å². The Bertz CT molecular complexity index is 948. The zero-order valence-corrected chi connectivity index (χ0v) is 18.3. The van der Waals surface area contributed by atoms with Gasteiger partial charge in [-0.1, -0.05) is 11.6 Å². The van der Waals surface area contributed by atoms with E-state index in [4.69, 9.17) is 21.5 Å². The van der Waals surface area contributed by atoms with E-state index in [2.05, 4.69) is 27.7 Å². The zero-order chi connectivity index (χ0) is 23.9. The van der Waals surface area contributed by atoms with Crippen molar-refractivity contribution < 1.29 is 27.9 Å². The number of hydrogen-bond donors (Lipinski definition) is 3. The lowest BCUT2D eigenvalue weighted by atomic mass is 9.95. The summed E-state index contributed by atoms with van der Waals surface area (Å²) in [5.41, 5.74) is 9.99. The molecule has 0 aliphatic carbocycles. The number of hydrogen-bond acceptors (Lipinski definition) is 5. The number of anilines is 2. The maximum atomic E-state index is 12.4. The number of carboxylic acids is 1. The van der Waals surface area contributed by atoms with Gasteiger partial charge in [0.15, 0.2) is 0 Å². The SMILES string of the molecule is Cc1cc(NNC(=O)C2CCN(c3ccncc3C)CC2)ccc1Cl.O=C(O)C(F)(F)F. The Labute approximate surface area is 188 Å². The second kappa shape index (κ2) is 11.0. The number of nitrogens with one attached hydrogen (secondary N) is 2. The first kappa shape index (κ1) is 25.3. The zero-order valence-electron chi connectivity index (χ0n) is 17.5. The number of carboxylic acid groups (broad SMARTS) is 1. The molecule has 1 aromatic carbocycles. The summed E-state index contributed by atoms with van der Waals surface area (Å²) >= 11 is 6.02. The Morgan fingerprint density at radius 2 is 1.78 bits per heavy atom. The minimum atomic E-state index is -5.08. The topological polar surface area (TPSA) is 94.6 Å². The van der Waals surface area contributed by atoms with Crippen LogP contribution in [0, 0.1) is 19.8 Å². The largest absolute Gasteiger partial charge is 0.490 e. The van der Waals surface area contributed by atoms with Crippen LogP contribution >= 0.6 is 11.6 Å². The van der Waals surface area contributed by atoms with Crippen molar-refractivity contribution in [2.45, 2.75) is 32.9 Å². The fourth-order valence-electron chi connectivity index (χ4n) is 3.16. The normalized spacial score (nSPS) is 14.2. The molecule has 2 heterocycles. The molecule has 1 aliphatic rings. The highest BCUT2D eigenvalue weighted by Crippen LogP contribution is 2.25. The number of carbonyl (C=O) groups excluding carboxylic acids is 1. The van der Waals surface area contributed by atoms with Gasteiger partial charge in [0.05, 0.1) is 5.69 Å². The van der Waals surface area contributed by atoms with Crippen molar-refractivity contribution in [1.82, 2.24) is 10.4 Å². The van der Waals surface area contributed by atoms with Crippen molar-refractivity contribution in [3.05, 3.63) is 52.8 Å². The van der Waals surface area contributed by atoms with Gasteiger partial charge in [-0.3, -0.25) is 20.6 Å². The highest BCUT2D eigenvalue weighted by atomic mass is 35.5. The number of aliphatic carboxylic acids is 1. The second-order valence-electron chi connectivity index (χ2n) is 7.30. The molecule has 1 saturated heterocycles. The predicted octanol–water partition coefficient (Wildman–Crippen LogP) is 4.34. The van der Waals surface area contributed by atoms with E-state index in [1.165, 1.54) is 11.3 Å². The first-order valence-electron chi connectivity index (χ1n) is 9.76. The number of nitrogens with zero attached hydrogens (tertiary/aromatic N) is 2. The standard InChI is InChI=1S/C19H23ClN4O.C2HF3O2/c1-13-11-16(3-4-17(13)20)22-23-19(25)15-6-9-24(10-7-15)18-5-8-21-12-14(18)2;3-2(4,5)1(6)7/h3-5,8,11-12,15,22H,6-7,9-10H2,1-2H3,(H,23,25);(H,6,7). The van der Waals surface area contributed by atoms with E-state index in [9.17, 15) is 18.0 Å². The average Bonchev–Trinajstić information content (AvgIpc) is 2.74. The Kier molecular flexibility index (Phi) is 8.71. The molecule has 0 atom stereocenters. The smallest absolute Gasteiger partial charge is 0.475 e. The van der Waals surface area contributed by atoms with Crippen molar-refractivity contribution in [2.75, 3.05) is 23.4 Å². The molecule has 2 aromatic rings. The van der Waals surface area contributed by atoms with Gasteiger partial charge in [0.25, 0.3) is 0 Å². The lowest BCUT2D eigenvalue weighted by Crippen LogP contribution is -2.42. The molecular formula is C21H24ClF3N4O3. The number of pyridine rings is 1. The highest BCUT2D eigenvalue weighted by Gasteiger charge is 2.38. The van der Waals surface area contributed by atoms with E-state index in [0.717, 1.165) is 42.2 Å². The maximum Gasteiger partial charge on any atom is 0.490 e. The molecule has 7 nitrogen and oxygen atoms in total. The van der Waals surface area contributed by atoms with Gasteiger partial charge in [-0.25, -0.2) is 4.79 Å². The van der Waals surface area contributed by atoms with Gasteiger partial charge in [-0.2, -0.15) is 13.2 Å². The average molecular weight is 473 g/mol. The van der Waals surface area contributed by atoms with Crippen LogP contribution in [0.2, 0.25) is 5.02 Å². The van der Waals surface area contributed by atoms with Crippen molar-refractivity contribution in [2.24, 2.45) is 5.92 Å². The molecule has 0 spiro atoms. The molecule has 0 radical (unpaired) electrons. The third-order valence-electron chi connectivity index (χ3n) is 4.93. The molecule has 0 bridgehead atoms.